The van der Waals surface area contributed by atoms with Crippen LogP contribution in [0.25, 0.3) is 0 Å². The molecule has 21 heavy (non-hydrogen) atoms. The molecule has 0 bridgehead atoms. The van der Waals surface area contributed by atoms with E-state index in [9.17, 15) is 0 Å². The molecule has 0 amide bonds. The van der Waals surface area contributed by atoms with E-state index in [1.54, 1.807) is 0 Å². The van der Waals surface area contributed by atoms with Crippen LogP contribution >= 0.6 is 15.9 Å². The summed E-state index contributed by atoms with van der Waals surface area (Å²) >= 11 is 3.77. The number of rotatable bonds is 6. The topological polar surface area (TPSA) is 15.3 Å². The molecule has 0 unspecified atom stereocenters. The average Bonchev–Trinajstić information content (AvgIpc) is 2.48. The highest BCUT2D eigenvalue weighted by atomic mass is 79.9. The summed E-state index contributed by atoms with van der Waals surface area (Å²) in [6.07, 6.45) is 6.56. The van der Waals surface area contributed by atoms with Crippen molar-refractivity contribution in [3.05, 3.63) is 28.2 Å². The first-order chi connectivity index (χ1) is 10.1. The van der Waals surface area contributed by atoms with E-state index < -0.39 is 0 Å². The van der Waals surface area contributed by atoms with Gasteiger partial charge < -0.3 is 10.2 Å². The van der Waals surface area contributed by atoms with Gasteiger partial charge in [-0.1, -0.05) is 19.9 Å². The minimum atomic E-state index is 0.696. The van der Waals surface area contributed by atoms with E-state index in [-0.39, 0.29) is 0 Å². The third-order valence-electron chi connectivity index (χ3n) is 4.68. The molecule has 118 valence electrons. The van der Waals surface area contributed by atoms with Crippen molar-refractivity contribution < 1.29 is 0 Å². The van der Waals surface area contributed by atoms with E-state index >= 15 is 0 Å². The van der Waals surface area contributed by atoms with Gasteiger partial charge in [-0.3, -0.25) is 0 Å². The predicted octanol–water partition coefficient (Wildman–Crippen LogP) is 4.96. The monoisotopic (exact) mass is 352 g/mol. The molecule has 0 saturated heterocycles. The zero-order valence-electron chi connectivity index (χ0n) is 13.7. The molecule has 0 atom stereocenters. The molecular weight excluding hydrogens is 324 g/mol. The molecule has 1 aliphatic rings. The van der Waals surface area contributed by atoms with Gasteiger partial charge in [0.05, 0.1) is 5.69 Å². The van der Waals surface area contributed by atoms with Crippen molar-refractivity contribution in [1.29, 1.82) is 0 Å². The first kappa shape index (κ1) is 16.8. The Hall–Kier alpha value is -0.540. The Kier molecular flexibility index (Phi) is 6.56. The zero-order valence-corrected chi connectivity index (χ0v) is 15.2. The molecule has 1 fully saturated rings. The SMILES string of the molecule is CCCNCc1ccc(N(C)C2CCC(C)CC2)c(Br)c1. The Bertz CT molecular complexity index is 439. The number of halogens is 1. The molecule has 1 aliphatic carbocycles. The number of nitrogens with zero attached hydrogens (tertiary/aromatic N) is 1. The van der Waals surface area contributed by atoms with Gasteiger partial charge in [-0.25, -0.2) is 0 Å². The molecule has 0 radical (unpaired) electrons. The van der Waals surface area contributed by atoms with E-state index in [1.165, 1.54) is 47.8 Å². The van der Waals surface area contributed by atoms with Crippen molar-refractivity contribution in [2.75, 3.05) is 18.5 Å². The van der Waals surface area contributed by atoms with Crippen molar-refractivity contribution in [1.82, 2.24) is 5.32 Å². The summed E-state index contributed by atoms with van der Waals surface area (Å²) < 4.78 is 1.22. The molecule has 2 nitrogen and oxygen atoms in total. The lowest BCUT2D eigenvalue weighted by atomic mass is 9.86. The van der Waals surface area contributed by atoms with E-state index in [0.717, 1.165) is 19.0 Å². The van der Waals surface area contributed by atoms with Crippen LogP contribution in [0.3, 0.4) is 0 Å². The Labute approximate surface area is 138 Å². The van der Waals surface area contributed by atoms with Crippen molar-refractivity contribution in [3.8, 4) is 0 Å². The number of nitrogens with one attached hydrogen (secondary N) is 1. The van der Waals surface area contributed by atoms with E-state index in [4.69, 9.17) is 0 Å². The fraction of sp³-hybridized carbons (Fsp3) is 0.667. The summed E-state index contributed by atoms with van der Waals surface area (Å²) in [4.78, 5) is 2.47. The Morgan fingerprint density at radius 2 is 1.95 bits per heavy atom. The molecule has 0 spiro atoms. The summed E-state index contributed by atoms with van der Waals surface area (Å²) in [5.74, 6) is 0.908. The minimum Gasteiger partial charge on any atom is -0.371 e. The van der Waals surface area contributed by atoms with Crippen molar-refractivity contribution in [3.63, 3.8) is 0 Å². The number of benzene rings is 1. The van der Waals surface area contributed by atoms with Crippen LogP contribution in [0.1, 0.15) is 51.5 Å². The third kappa shape index (κ3) is 4.72. The second-order valence-corrected chi connectivity index (χ2v) is 7.34. The molecule has 1 aromatic rings. The molecular formula is C18H29BrN2. The molecule has 0 heterocycles. The smallest absolute Gasteiger partial charge is 0.0510 e. The molecule has 0 aromatic heterocycles. The van der Waals surface area contributed by atoms with Gasteiger partial charge in [0, 0.05) is 24.1 Å². The van der Waals surface area contributed by atoms with E-state index in [0.29, 0.717) is 6.04 Å². The molecule has 0 aliphatic heterocycles. The van der Waals surface area contributed by atoms with Gasteiger partial charge in [0.15, 0.2) is 0 Å². The van der Waals surface area contributed by atoms with E-state index in [1.807, 2.05) is 0 Å². The maximum Gasteiger partial charge on any atom is 0.0510 e. The standard InChI is InChI=1S/C18H29BrN2/c1-4-11-20-13-15-7-10-18(17(19)12-15)21(3)16-8-5-14(2)6-9-16/h7,10,12,14,16,20H,4-6,8-9,11,13H2,1-3H3. The highest BCUT2D eigenvalue weighted by molar-refractivity contribution is 9.10. The van der Waals surface area contributed by atoms with Crippen LogP contribution in [-0.4, -0.2) is 19.6 Å². The quantitative estimate of drug-likeness (QED) is 0.727. The van der Waals surface area contributed by atoms with Crippen molar-refractivity contribution in [2.45, 2.75) is 58.5 Å². The van der Waals surface area contributed by atoms with Crippen LogP contribution in [0.15, 0.2) is 22.7 Å². The molecule has 1 aromatic carbocycles. The predicted molar refractivity (Wildman–Crippen MR) is 96.0 cm³/mol. The highest BCUT2D eigenvalue weighted by Gasteiger charge is 2.22. The van der Waals surface area contributed by atoms with Crippen LogP contribution in [-0.2, 0) is 6.54 Å². The summed E-state index contributed by atoms with van der Waals surface area (Å²) in [6, 6.07) is 7.48. The van der Waals surface area contributed by atoms with Crippen molar-refractivity contribution >= 4 is 21.6 Å². The van der Waals surface area contributed by atoms with Crippen LogP contribution in [0.2, 0.25) is 0 Å². The zero-order chi connectivity index (χ0) is 15.2. The van der Waals surface area contributed by atoms with Gasteiger partial charge in [-0.15, -0.1) is 0 Å². The summed E-state index contributed by atoms with van der Waals surface area (Å²) in [6.45, 7) is 6.62. The summed E-state index contributed by atoms with van der Waals surface area (Å²) in [7, 11) is 2.25. The summed E-state index contributed by atoms with van der Waals surface area (Å²) in [5, 5.41) is 3.46. The van der Waals surface area contributed by atoms with Crippen molar-refractivity contribution in [2.24, 2.45) is 5.92 Å². The fourth-order valence-electron chi connectivity index (χ4n) is 3.18. The maximum atomic E-state index is 3.77. The van der Waals surface area contributed by atoms with Crippen LogP contribution in [0.5, 0.6) is 0 Å². The third-order valence-corrected chi connectivity index (χ3v) is 5.32. The average molecular weight is 353 g/mol. The maximum absolute atomic E-state index is 3.77. The molecule has 1 saturated carbocycles. The Balaban J connectivity index is 1.99. The second kappa shape index (κ2) is 8.19. The molecule has 3 heteroatoms. The van der Waals surface area contributed by atoms with Gasteiger partial charge in [0.25, 0.3) is 0 Å². The molecule has 1 N–H and O–H groups in total. The van der Waals surface area contributed by atoms with Crippen LogP contribution in [0.4, 0.5) is 5.69 Å². The number of hydrogen-bond acceptors (Lipinski definition) is 2. The van der Waals surface area contributed by atoms with E-state index in [2.05, 4.69) is 65.2 Å². The van der Waals surface area contributed by atoms with Gasteiger partial charge in [-0.2, -0.15) is 0 Å². The van der Waals surface area contributed by atoms with Gasteiger partial charge >= 0.3 is 0 Å². The minimum absolute atomic E-state index is 0.696. The fourth-order valence-corrected chi connectivity index (χ4v) is 3.89. The highest BCUT2D eigenvalue weighted by Crippen LogP contribution is 2.33. The lowest BCUT2D eigenvalue weighted by Crippen LogP contribution is -2.35. The summed E-state index contributed by atoms with van der Waals surface area (Å²) in [5.41, 5.74) is 2.68. The molecule has 2 rings (SSSR count). The van der Waals surface area contributed by atoms with Crippen LogP contribution < -0.4 is 10.2 Å². The van der Waals surface area contributed by atoms with Crippen LogP contribution in [0, 0.1) is 5.92 Å². The first-order valence-electron chi connectivity index (χ1n) is 8.33. The van der Waals surface area contributed by atoms with Gasteiger partial charge in [0.1, 0.15) is 0 Å². The number of anilines is 1. The normalized spacial score (nSPS) is 22.3. The Morgan fingerprint density at radius 1 is 1.24 bits per heavy atom. The largest absolute Gasteiger partial charge is 0.371 e. The number of hydrogen-bond donors (Lipinski definition) is 1. The van der Waals surface area contributed by atoms with Gasteiger partial charge in [0.2, 0.25) is 0 Å². The Morgan fingerprint density at radius 3 is 2.57 bits per heavy atom. The second-order valence-electron chi connectivity index (χ2n) is 6.49. The van der Waals surface area contributed by atoms with Gasteiger partial charge in [-0.05, 0) is 78.2 Å². The lowest BCUT2D eigenvalue weighted by molar-refractivity contribution is 0.340. The first-order valence-corrected chi connectivity index (χ1v) is 9.13. The lowest BCUT2D eigenvalue weighted by Gasteiger charge is -2.35.